The quantitative estimate of drug-likeness (QED) is 0.286. The van der Waals surface area contributed by atoms with E-state index >= 15 is 0 Å². The van der Waals surface area contributed by atoms with Crippen molar-refractivity contribution in [2.45, 2.75) is 0 Å². The topological polar surface area (TPSA) is 27.0 Å². The van der Waals surface area contributed by atoms with E-state index < -0.39 is 0 Å². The molecule has 0 spiro atoms. The lowest BCUT2D eigenvalue weighted by molar-refractivity contribution is 0.530. The molecule has 0 bridgehead atoms. The molecule has 0 heterocycles. The maximum atomic E-state index is 8.09. The third-order valence-electron chi connectivity index (χ3n) is 0.574. The maximum absolute atomic E-state index is 8.09. The average Bonchev–Trinajstić information content (AvgIpc) is 1.68. The van der Waals surface area contributed by atoms with Gasteiger partial charge in [-0.25, -0.2) is 0 Å². The molecule has 0 saturated carbocycles. The molecule has 2 heteroatoms. The first-order chi connectivity index (χ1) is 3.31. The Balaban J connectivity index is 3.21. The zero-order valence-corrected chi connectivity index (χ0v) is 4.39. The van der Waals surface area contributed by atoms with E-state index in [0.717, 1.165) is 0 Å². The van der Waals surface area contributed by atoms with Gasteiger partial charge in [-0.15, -0.1) is 6.58 Å². The van der Waals surface area contributed by atoms with Gasteiger partial charge >= 0.3 is 0 Å². The van der Waals surface area contributed by atoms with Gasteiger partial charge in [-0.2, -0.15) is 5.26 Å². The highest BCUT2D eigenvalue weighted by atomic mass is 15.1. The van der Waals surface area contributed by atoms with Crippen LogP contribution in [0.5, 0.6) is 0 Å². The highest BCUT2D eigenvalue weighted by Gasteiger charge is 1.81. The molecule has 0 radical (unpaired) electrons. The Morgan fingerprint density at radius 2 is 2.57 bits per heavy atom. The maximum Gasteiger partial charge on any atom is 0.179 e. The molecule has 0 rings (SSSR count). The van der Waals surface area contributed by atoms with Crippen molar-refractivity contribution in [2.75, 3.05) is 13.6 Å². The molecule has 0 amide bonds. The molecule has 0 unspecified atom stereocenters. The molecule has 0 aliphatic rings. The summed E-state index contributed by atoms with van der Waals surface area (Å²) < 4.78 is 0. The molecular weight excluding hydrogens is 88.1 g/mol. The van der Waals surface area contributed by atoms with Crippen molar-refractivity contribution >= 4 is 0 Å². The molecule has 0 atom stereocenters. The highest BCUT2D eigenvalue weighted by Crippen LogP contribution is 1.73. The zero-order valence-electron chi connectivity index (χ0n) is 4.39. The predicted octanol–water partition coefficient (Wildman–Crippen LogP) is 0.585. The van der Waals surface area contributed by atoms with Crippen molar-refractivity contribution in [1.82, 2.24) is 4.90 Å². The highest BCUT2D eigenvalue weighted by molar-refractivity contribution is 4.78. The van der Waals surface area contributed by atoms with Crippen LogP contribution in [-0.4, -0.2) is 18.5 Å². The Bertz CT molecular complexity index is 90.7. The molecule has 7 heavy (non-hydrogen) atoms. The summed E-state index contributed by atoms with van der Waals surface area (Å²) in [6.07, 6.45) is 3.61. The van der Waals surface area contributed by atoms with Gasteiger partial charge in [0.15, 0.2) is 6.19 Å². The van der Waals surface area contributed by atoms with Crippen LogP contribution in [0.1, 0.15) is 0 Å². The molecular formula is C5H8N2. The molecule has 0 aliphatic carbocycles. The van der Waals surface area contributed by atoms with E-state index in [9.17, 15) is 0 Å². The van der Waals surface area contributed by atoms with Crippen LogP contribution in [0.4, 0.5) is 0 Å². The summed E-state index contributed by atoms with van der Waals surface area (Å²) in [6, 6.07) is 0. The first-order valence-electron chi connectivity index (χ1n) is 2.03. The largest absolute Gasteiger partial charge is 0.310 e. The van der Waals surface area contributed by atoms with Crippen molar-refractivity contribution in [3.8, 4) is 6.19 Å². The third-order valence-corrected chi connectivity index (χ3v) is 0.574. The van der Waals surface area contributed by atoms with E-state index in [1.807, 2.05) is 6.19 Å². The Hall–Kier alpha value is -0.970. The molecule has 38 valence electrons. The van der Waals surface area contributed by atoms with Crippen LogP contribution in [0, 0.1) is 11.5 Å². The SMILES string of the molecule is C=CCN(C)C#N. The van der Waals surface area contributed by atoms with E-state index in [-0.39, 0.29) is 0 Å². The Kier molecular flexibility index (Phi) is 2.78. The monoisotopic (exact) mass is 96.1 g/mol. The molecule has 0 N–H and O–H groups in total. The van der Waals surface area contributed by atoms with Crippen LogP contribution in [0.3, 0.4) is 0 Å². The van der Waals surface area contributed by atoms with E-state index in [4.69, 9.17) is 5.26 Å². The second-order valence-electron chi connectivity index (χ2n) is 1.27. The van der Waals surface area contributed by atoms with Gasteiger partial charge in [0.2, 0.25) is 0 Å². The summed E-state index contributed by atoms with van der Waals surface area (Å²) in [7, 11) is 1.71. The van der Waals surface area contributed by atoms with Crippen molar-refractivity contribution in [3.63, 3.8) is 0 Å². The molecule has 0 saturated heterocycles. The smallest absolute Gasteiger partial charge is 0.179 e. The number of likely N-dealkylation sites (N-methyl/N-ethyl adjacent to an activating group) is 1. The standard InChI is InChI=1S/C5H8N2/c1-3-4-7(2)5-6/h3H,1,4H2,2H3. The molecule has 0 aromatic heterocycles. The van der Waals surface area contributed by atoms with Crippen molar-refractivity contribution in [1.29, 1.82) is 5.26 Å². The summed E-state index contributed by atoms with van der Waals surface area (Å²) >= 11 is 0. The Morgan fingerprint density at radius 3 is 2.71 bits per heavy atom. The van der Waals surface area contributed by atoms with Crippen molar-refractivity contribution < 1.29 is 0 Å². The van der Waals surface area contributed by atoms with E-state index in [0.29, 0.717) is 6.54 Å². The average molecular weight is 96.1 g/mol. The third kappa shape index (κ3) is 2.84. The van der Waals surface area contributed by atoms with Crippen LogP contribution < -0.4 is 0 Å². The van der Waals surface area contributed by atoms with Gasteiger partial charge in [0.1, 0.15) is 0 Å². The minimum absolute atomic E-state index is 0.635. The second-order valence-corrected chi connectivity index (χ2v) is 1.27. The van der Waals surface area contributed by atoms with E-state index in [2.05, 4.69) is 6.58 Å². The second kappa shape index (κ2) is 3.23. The van der Waals surface area contributed by atoms with Gasteiger partial charge in [0, 0.05) is 13.6 Å². The minimum atomic E-state index is 0.635. The van der Waals surface area contributed by atoms with Gasteiger partial charge in [-0.1, -0.05) is 6.08 Å². The van der Waals surface area contributed by atoms with E-state index in [1.54, 1.807) is 13.1 Å². The normalized spacial score (nSPS) is 6.86. The van der Waals surface area contributed by atoms with Crippen molar-refractivity contribution in [3.05, 3.63) is 12.7 Å². The van der Waals surface area contributed by atoms with E-state index in [1.165, 1.54) is 4.90 Å². The first kappa shape index (κ1) is 6.03. The Morgan fingerprint density at radius 1 is 2.00 bits per heavy atom. The summed E-state index contributed by atoms with van der Waals surface area (Å²) in [5.74, 6) is 0. The van der Waals surface area contributed by atoms with Crippen LogP contribution in [0.2, 0.25) is 0 Å². The minimum Gasteiger partial charge on any atom is -0.310 e. The van der Waals surface area contributed by atoms with Crippen LogP contribution in [-0.2, 0) is 0 Å². The zero-order chi connectivity index (χ0) is 5.70. The predicted molar refractivity (Wildman–Crippen MR) is 28.4 cm³/mol. The number of hydrogen-bond acceptors (Lipinski definition) is 2. The van der Waals surface area contributed by atoms with Gasteiger partial charge in [0.05, 0.1) is 0 Å². The number of nitriles is 1. The van der Waals surface area contributed by atoms with Gasteiger partial charge < -0.3 is 4.90 Å². The fourth-order valence-corrected chi connectivity index (χ4v) is 0.234. The lowest BCUT2D eigenvalue weighted by Gasteiger charge is -2.00. The molecule has 0 aliphatic heterocycles. The lowest BCUT2D eigenvalue weighted by atomic mass is 10.6. The van der Waals surface area contributed by atoms with Crippen LogP contribution in [0.25, 0.3) is 0 Å². The molecule has 0 fully saturated rings. The van der Waals surface area contributed by atoms with Crippen LogP contribution in [0.15, 0.2) is 12.7 Å². The molecule has 0 aromatic carbocycles. The van der Waals surface area contributed by atoms with Gasteiger partial charge in [-0.3, -0.25) is 0 Å². The summed E-state index contributed by atoms with van der Waals surface area (Å²) in [6.45, 7) is 4.09. The molecule has 0 aromatic rings. The summed E-state index contributed by atoms with van der Waals surface area (Å²) in [5.41, 5.74) is 0. The fourth-order valence-electron chi connectivity index (χ4n) is 0.234. The van der Waals surface area contributed by atoms with Gasteiger partial charge in [-0.05, 0) is 0 Å². The lowest BCUT2D eigenvalue weighted by Crippen LogP contribution is -2.09. The number of nitrogens with zero attached hydrogens (tertiary/aromatic N) is 2. The van der Waals surface area contributed by atoms with Crippen molar-refractivity contribution in [2.24, 2.45) is 0 Å². The van der Waals surface area contributed by atoms with Crippen LogP contribution >= 0.6 is 0 Å². The summed E-state index contributed by atoms with van der Waals surface area (Å²) in [4.78, 5) is 1.49. The number of hydrogen-bond donors (Lipinski definition) is 0. The molecule has 2 nitrogen and oxygen atoms in total. The Labute approximate surface area is 43.7 Å². The number of rotatable bonds is 2. The first-order valence-corrected chi connectivity index (χ1v) is 2.03. The summed E-state index contributed by atoms with van der Waals surface area (Å²) in [5, 5.41) is 8.09. The van der Waals surface area contributed by atoms with Gasteiger partial charge in [0.25, 0.3) is 0 Å². The fraction of sp³-hybridized carbons (Fsp3) is 0.400.